The lowest BCUT2D eigenvalue weighted by atomic mass is 10.1. The van der Waals surface area contributed by atoms with Crippen LogP contribution in [0.2, 0.25) is 0 Å². The lowest BCUT2D eigenvalue weighted by Gasteiger charge is -2.17. The first-order chi connectivity index (χ1) is 18.8. The minimum absolute atomic E-state index is 0.232. The first-order valence-electron chi connectivity index (χ1n) is 12.9. The van der Waals surface area contributed by atoms with Gasteiger partial charge in [-0.3, -0.25) is 4.68 Å². The molecule has 6 rings (SSSR count). The molecule has 0 saturated carbocycles. The monoisotopic (exact) mass is 543 g/mol. The van der Waals surface area contributed by atoms with E-state index in [0.29, 0.717) is 30.0 Å². The van der Waals surface area contributed by atoms with Crippen molar-refractivity contribution in [1.82, 2.24) is 33.6 Å². The van der Waals surface area contributed by atoms with Crippen molar-refractivity contribution in [3.05, 3.63) is 72.8 Å². The Labute approximate surface area is 227 Å². The Morgan fingerprint density at radius 3 is 2.49 bits per heavy atom. The Morgan fingerprint density at radius 2 is 1.77 bits per heavy atom. The van der Waals surface area contributed by atoms with Gasteiger partial charge in [-0.1, -0.05) is 42.5 Å². The van der Waals surface area contributed by atoms with E-state index < -0.39 is 10.0 Å². The maximum absolute atomic E-state index is 13.4. The lowest BCUT2D eigenvalue weighted by Crippen LogP contribution is -2.31. The van der Waals surface area contributed by atoms with Crippen molar-refractivity contribution in [2.75, 3.05) is 13.1 Å². The van der Waals surface area contributed by atoms with Crippen molar-refractivity contribution < 1.29 is 13.2 Å². The Balaban J connectivity index is 1.21. The van der Waals surface area contributed by atoms with Crippen molar-refractivity contribution in [3.8, 4) is 28.4 Å². The summed E-state index contributed by atoms with van der Waals surface area (Å²) < 4.78 is 38.2. The predicted molar refractivity (Wildman–Crippen MR) is 148 cm³/mol. The molecule has 11 heteroatoms. The molecule has 0 N–H and O–H groups in total. The van der Waals surface area contributed by atoms with E-state index in [4.69, 9.17) is 9.72 Å². The van der Waals surface area contributed by atoms with E-state index in [1.807, 2.05) is 78.8 Å². The fraction of sp³-hybridized carbons (Fsp3) is 0.286. The summed E-state index contributed by atoms with van der Waals surface area (Å²) in [5, 5.41) is 4.53. The highest BCUT2D eigenvalue weighted by Gasteiger charge is 2.34. The molecule has 0 aliphatic carbocycles. The van der Waals surface area contributed by atoms with Crippen LogP contribution in [0.15, 0.2) is 72.0 Å². The summed E-state index contributed by atoms with van der Waals surface area (Å²) in [5.74, 6) is 1.07. The second-order valence-electron chi connectivity index (χ2n) is 9.61. The Morgan fingerprint density at radius 1 is 1.03 bits per heavy atom. The van der Waals surface area contributed by atoms with Crippen molar-refractivity contribution in [3.63, 3.8) is 0 Å². The van der Waals surface area contributed by atoms with Gasteiger partial charge >= 0.3 is 0 Å². The van der Waals surface area contributed by atoms with E-state index in [9.17, 15) is 8.42 Å². The van der Waals surface area contributed by atoms with Gasteiger partial charge in [0, 0.05) is 26.3 Å². The van der Waals surface area contributed by atoms with Crippen LogP contribution in [0.3, 0.4) is 0 Å². The van der Waals surface area contributed by atoms with Gasteiger partial charge in [0.2, 0.25) is 15.9 Å². The van der Waals surface area contributed by atoms with E-state index >= 15 is 0 Å². The van der Waals surface area contributed by atoms with Gasteiger partial charge in [-0.25, -0.2) is 18.4 Å². The number of sulfonamides is 1. The highest BCUT2D eigenvalue weighted by molar-refractivity contribution is 7.89. The summed E-state index contributed by atoms with van der Waals surface area (Å²) in [7, 11) is -1.76. The molecule has 1 atom stereocenters. The average molecular weight is 544 g/mol. The van der Waals surface area contributed by atoms with Gasteiger partial charge in [0.1, 0.15) is 18.3 Å². The first kappa shape index (κ1) is 25.2. The number of aromatic nitrogens is 6. The normalized spacial score (nSPS) is 16.2. The van der Waals surface area contributed by atoms with E-state index in [-0.39, 0.29) is 17.5 Å². The van der Waals surface area contributed by atoms with Crippen molar-refractivity contribution in [2.24, 2.45) is 7.05 Å². The Kier molecular flexibility index (Phi) is 6.40. The highest BCUT2D eigenvalue weighted by Crippen LogP contribution is 2.31. The van der Waals surface area contributed by atoms with E-state index in [0.717, 1.165) is 34.8 Å². The molecule has 5 aromatic rings. The number of nitrogens with zero attached hydrogens (tertiary/aromatic N) is 7. The number of aryl methyl sites for hydroxylation is 3. The van der Waals surface area contributed by atoms with Gasteiger partial charge in [0.25, 0.3) is 0 Å². The lowest BCUT2D eigenvalue weighted by molar-refractivity contribution is 0.209. The second kappa shape index (κ2) is 9.90. The van der Waals surface area contributed by atoms with Gasteiger partial charge in [0.05, 0.1) is 22.7 Å². The Bertz CT molecular complexity index is 1750. The fourth-order valence-corrected chi connectivity index (χ4v) is 6.46. The standard InChI is InChI=1S/C28H29N7O3S/c1-4-34-17-24(19(2)32-34)26-31-25-27(33(26)3)29-18-30-28(25)38-22-14-15-35(16-22)39(36,37)23-12-10-21(11-13-23)20-8-6-5-7-9-20/h5-13,17-18,22H,4,14-16H2,1-3H3. The number of fused-ring (bicyclic) bond motifs is 1. The van der Waals surface area contributed by atoms with Crippen molar-refractivity contribution in [1.29, 1.82) is 0 Å². The van der Waals surface area contributed by atoms with Crippen molar-refractivity contribution >= 4 is 21.2 Å². The van der Waals surface area contributed by atoms with E-state index in [1.54, 1.807) is 12.1 Å². The van der Waals surface area contributed by atoms with Gasteiger partial charge < -0.3 is 9.30 Å². The maximum atomic E-state index is 13.4. The van der Waals surface area contributed by atoms with Gasteiger partial charge in [-0.15, -0.1) is 0 Å². The minimum atomic E-state index is -3.66. The molecule has 0 bridgehead atoms. The molecular weight excluding hydrogens is 514 g/mol. The summed E-state index contributed by atoms with van der Waals surface area (Å²) in [6, 6.07) is 16.9. The van der Waals surface area contributed by atoms with Crippen LogP contribution in [0, 0.1) is 6.92 Å². The largest absolute Gasteiger partial charge is 0.471 e. The topological polar surface area (TPSA) is 108 Å². The van der Waals surface area contributed by atoms with Crippen LogP contribution in [-0.2, 0) is 23.6 Å². The van der Waals surface area contributed by atoms with Crippen LogP contribution >= 0.6 is 0 Å². The van der Waals surface area contributed by atoms with Crippen LogP contribution in [0.25, 0.3) is 33.7 Å². The van der Waals surface area contributed by atoms with Gasteiger partial charge in [-0.05, 0) is 43.5 Å². The molecule has 200 valence electrons. The van der Waals surface area contributed by atoms with E-state index in [2.05, 4.69) is 15.1 Å². The second-order valence-corrected chi connectivity index (χ2v) is 11.5. The van der Waals surface area contributed by atoms with Crippen LogP contribution in [0.5, 0.6) is 5.88 Å². The van der Waals surface area contributed by atoms with Crippen LogP contribution < -0.4 is 4.74 Å². The third-order valence-corrected chi connectivity index (χ3v) is 9.00. The highest BCUT2D eigenvalue weighted by atomic mass is 32.2. The molecule has 2 aromatic carbocycles. The molecule has 1 fully saturated rings. The minimum Gasteiger partial charge on any atom is -0.471 e. The molecule has 0 spiro atoms. The maximum Gasteiger partial charge on any atom is 0.245 e. The van der Waals surface area contributed by atoms with Gasteiger partial charge in [-0.2, -0.15) is 14.4 Å². The summed E-state index contributed by atoms with van der Waals surface area (Å²) in [4.78, 5) is 13.8. The molecular formula is C28H29N7O3S. The molecule has 1 aliphatic heterocycles. The van der Waals surface area contributed by atoms with Crippen LogP contribution in [-0.4, -0.2) is 61.2 Å². The average Bonchev–Trinajstić information content (AvgIpc) is 3.67. The molecule has 1 saturated heterocycles. The zero-order valence-electron chi connectivity index (χ0n) is 22.0. The van der Waals surface area contributed by atoms with Crippen LogP contribution in [0.4, 0.5) is 0 Å². The SMILES string of the molecule is CCn1cc(-c2nc3c(OC4CCN(S(=O)(=O)c5ccc(-c6ccccc6)cc5)C4)ncnc3n2C)c(C)n1. The smallest absolute Gasteiger partial charge is 0.245 e. The molecule has 1 aliphatic rings. The van der Waals surface area contributed by atoms with E-state index in [1.165, 1.54) is 10.6 Å². The summed E-state index contributed by atoms with van der Waals surface area (Å²) in [6.45, 7) is 5.35. The number of imidazole rings is 1. The zero-order chi connectivity index (χ0) is 27.1. The third-order valence-electron chi connectivity index (χ3n) is 7.12. The number of hydrogen-bond acceptors (Lipinski definition) is 7. The quantitative estimate of drug-likeness (QED) is 0.305. The number of benzene rings is 2. The molecule has 10 nitrogen and oxygen atoms in total. The molecule has 4 heterocycles. The summed E-state index contributed by atoms with van der Waals surface area (Å²) in [5.41, 5.74) is 4.98. The van der Waals surface area contributed by atoms with Crippen molar-refractivity contribution in [2.45, 2.75) is 37.8 Å². The fourth-order valence-electron chi connectivity index (χ4n) is 4.97. The summed E-state index contributed by atoms with van der Waals surface area (Å²) >= 11 is 0. The number of hydrogen-bond donors (Lipinski definition) is 0. The predicted octanol–water partition coefficient (Wildman–Crippen LogP) is 4.06. The molecule has 0 radical (unpaired) electrons. The third kappa shape index (κ3) is 4.57. The van der Waals surface area contributed by atoms with Crippen LogP contribution in [0.1, 0.15) is 19.0 Å². The first-order valence-corrected chi connectivity index (χ1v) is 14.3. The zero-order valence-corrected chi connectivity index (χ0v) is 22.8. The Hall–Kier alpha value is -4.09. The molecule has 1 unspecified atom stereocenters. The number of ether oxygens (including phenoxy) is 1. The summed E-state index contributed by atoms with van der Waals surface area (Å²) in [6.07, 6.45) is 3.62. The molecule has 3 aromatic heterocycles. The number of rotatable bonds is 7. The molecule has 39 heavy (non-hydrogen) atoms. The van der Waals surface area contributed by atoms with Gasteiger partial charge in [0.15, 0.2) is 11.2 Å². The molecule has 0 amide bonds.